The van der Waals surface area contributed by atoms with Crippen molar-refractivity contribution in [3.05, 3.63) is 21.3 Å². The molecule has 0 saturated heterocycles. The van der Waals surface area contributed by atoms with Gasteiger partial charge in [0, 0.05) is 7.05 Å². The number of rotatable bonds is 2. The third-order valence-corrected chi connectivity index (χ3v) is 0.823. The Morgan fingerprint density at radius 1 is 1.89 bits per heavy atom. The molecule has 0 fully saturated rings. The molecule has 0 bridgehead atoms. The molecule has 0 aromatic carbocycles. The predicted molar refractivity (Wildman–Crippen MR) is 40.3 cm³/mol. The van der Waals surface area contributed by atoms with Gasteiger partial charge in [0.2, 0.25) is 0 Å². The first-order valence-electron chi connectivity index (χ1n) is 1.89. The molecule has 0 aliphatic heterocycles. The Labute approximate surface area is 101 Å². The summed E-state index contributed by atoms with van der Waals surface area (Å²) in [7, 11) is 1.56. The predicted octanol–water partition coefficient (Wildman–Crippen LogP) is -0.437. The third-order valence-electron chi connectivity index (χ3n) is 0.484. The van der Waals surface area contributed by atoms with Crippen LogP contribution in [0.2, 0.25) is 0 Å². The minimum atomic E-state index is -0.571. The molecule has 0 heterocycles. The standard InChI is InChI=1S/C3H6N2O2S.K.H/c1-4-3(8)2-5(6)7;;/h2,4,8H,1H3;;/b3-2+;;. The zero-order valence-corrected chi connectivity index (χ0v) is 5.18. The maximum absolute atomic E-state index is 9.61. The molecule has 6 heteroatoms. The van der Waals surface area contributed by atoms with E-state index in [-0.39, 0.29) is 56.4 Å². The molecular weight excluding hydrogens is 167 g/mol. The molecule has 0 rings (SSSR count). The van der Waals surface area contributed by atoms with Gasteiger partial charge in [-0.25, -0.2) is 0 Å². The van der Waals surface area contributed by atoms with Gasteiger partial charge >= 0.3 is 51.4 Å². The third kappa shape index (κ3) is 8.93. The van der Waals surface area contributed by atoms with Crippen LogP contribution in [0.3, 0.4) is 0 Å². The second-order valence-corrected chi connectivity index (χ2v) is 1.53. The molecule has 0 aromatic rings. The van der Waals surface area contributed by atoms with Crippen molar-refractivity contribution in [2.24, 2.45) is 0 Å². The summed E-state index contributed by atoms with van der Waals surface area (Å²) in [6, 6.07) is 0. The van der Waals surface area contributed by atoms with Crippen LogP contribution in [0.5, 0.6) is 0 Å². The van der Waals surface area contributed by atoms with Crippen LogP contribution in [0.15, 0.2) is 11.2 Å². The van der Waals surface area contributed by atoms with Crippen molar-refractivity contribution in [1.29, 1.82) is 0 Å². The molecule has 48 valence electrons. The number of nitrogens with one attached hydrogen (secondary N) is 1. The van der Waals surface area contributed by atoms with Gasteiger partial charge in [-0.15, -0.1) is 12.6 Å². The summed E-state index contributed by atoms with van der Waals surface area (Å²) in [6.45, 7) is 0. The molecule has 0 aliphatic carbocycles. The van der Waals surface area contributed by atoms with Gasteiger partial charge in [0.05, 0.1) is 4.92 Å². The van der Waals surface area contributed by atoms with Crippen LogP contribution in [0.4, 0.5) is 0 Å². The molecule has 1 N–H and O–H groups in total. The van der Waals surface area contributed by atoms with Crippen LogP contribution in [-0.4, -0.2) is 63.4 Å². The first-order chi connectivity index (χ1) is 3.66. The molecule has 0 aromatic heterocycles. The van der Waals surface area contributed by atoms with Crippen LogP contribution < -0.4 is 5.32 Å². The van der Waals surface area contributed by atoms with Crippen molar-refractivity contribution in [1.82, 2.24) is 5.32 Å². The van der Waals surface area contributed by atoms with E-state index in [0.29, 0.717) is 0 Å². The minimum absolute atomic E-state index is 0. The van der Waals surface area contributed by atoms with Crippen LogP contribution in [0.1, 0.15) is 0 Å². The monoisotopic (exact) mass is 174 g/mol. The quantitative estimate of drug-likeness (QED) is 0.258. The molecule has 9 heavy (non-hydrogen) atoms. The topological polar surface area (TPSA) is 55.2 Å². The van der Waals surface area contributed by atoms with Crippen molar-refractivity contribution in [2.75, 3.05) is 7.05 Å². The van der Waals surface area contributed by atoms with Crippen LogP contribution >= 0.6 is 12.6 Å². The van der Waals surface area contributed by atoms with Crippen LogP contribution in [0.25, 0.3) is 0 Å². The first kappa shape index (κ1) is 12.6. The molecular formula is C3H7KN2O2S. The number of hydrogen-bond donors (Lipinski definition) is 2. The molecule has 0 atom stereocenters. The molecule has 0 radical (unpaired) electrons. The fourth-order valence-electron chi connectivity index (χ4n) is 0.164. The van der Waals surface area contributed by atoms with Gasteiger partial charge in [0.15, 0.2) is 0 Å². The Morgan fingerprint density at radius 2 is 2.33 bits per heavy atom. The Hall–Kier alpha value is 0.926. The second kappa shape index (κ2) is 7.04. The number of hydrogen-bond acceptors (Lipinski definition) is 4. The SMILES string of the molecule is CN/C(S)=C\[N+](=O)[O-].[KH]. The Morgan fingerprint density at radius 3 is 2.44 bits per heavy atom. The van der Waals surface area contributed by atoms with E-state index < -0.39 is 4.92 Å². The van der Waals surface area contributed by atoms with E-state index in [1.54, 1.807) is 7.05 Å². The molecule has 0 unspecified atom stereocenters. The number of nitro groups is 1. The molecule has 0 saturated carbocycles. The van der Waals surface area contributed by atoms with E-state index >= 15 is 0 Å². The van der Waals surface area contributed by atoms with Crippen molar-refractivity contribution >= 4 is 64.0 Å². The summed E-state index contributed by atoms with van der Waals surface area (Å²) < 4.78 is 0. The average molecular weight is 174 g/mol. The normalized spacial score (nSPS) is 9.78. The molecule has 0 amide bonds. The van der Waals surface area contributed by atoms with Gasteiger partial charge in [-0.05, 0) is 0 Å². The zero-order valence-electron chi connectivity index (χ0n) is 4.29. The van der Waals surface area contributed by atoms with E-state index in [0.717, 1.165) is 6.20 Å². The second-order valence-electron chi connectivity index (χ2n) is 1.05. The van der Waals surface area contributed by atoms with Gasteiger partial charge < -0.3 is 5.32 Å². The summed E-state index contributed by atoms with van der Waals surface area (Å²) in [5, 5.41) is 12.3. The summed E-state index contributed by atoms with van der Waals surface area (Å²) >= 11 is 3.68. The molecule has 0 spiro atoms. The summed E-state index contributed by atoms with van der Waals surface area (Å²) in [4.78, 5) is 9.04. The van der Waals surface area contributed by atoms with Gasteiger partial charge in [0.25, 0.3) is 6.20 Å². The number of thiol groups is 1. The van der Waals surface area contributed by atoms with Gasteiger partial charge in [-0.2, -0.15) is 0 Å². The Kier molecular flexibility index (Phi) is 9.85. The van der Waals surface area contributed by atoms with Gasteiger partial charge in [-0.3, -0.25) is 10.1 Å². The zero-order chi connectivity index (χ0) is 6.57. The van der Waals surface area contributed by atoms with E-state index in [2.05, 4.69) is 17.9 Å². The van der Waals surface area contributed by atoms with Crippen molar-refractivity contribution in [3.8, 4) is 0 Å². The fourth-order valence-corrected chi connectivity index (χ4v) is 0.259. The first-order valence-corrected chi connectivity index (χ1v) is 2.33. The van der Waals surface area contributed by atoms with Crippen LogP contribution in [0, 0.1) is 10.1 Å². The van der Waals surface area contributed by atoms with Gasteiger partial charge in [0.1, 0.15) is 5.03 Å². The van der Waals surface area contributed by atoms with Gasteiger partial charge in [-0.1, -0.05) is 0 Å². The molecule has 4 nitrogen and oxygen atoms in total. The van der Waals surface area contributed by atoms with Crippen LogP contribution in [-0.2, 0) is 0 Å². The van der Waals surface area contributed by atoms with E-state index in [9.17, 15) is 10.1 Å². The Balaban J connectivity index is 0. The van der Waals surface area contributed by atoms with E-state index in [1.807, 2.05) is 0 Å². The van der Waals surface area contributed by atoms with E-state index in [4.69, 9.17) is 0 Å². The van der Waals surface area contributed by atoms with Crippen molar-refractivity contribution < 1.29 is 4.92 Å². The summed E-state index contributed by atoms with van der Waals surface area (Å²) in [5.74, 6) is 0. The van der Waals surface area contributed by atoms with Crippen molar-refractivity contribution in [2.45, 2.75) is 0 Å². The average Bonchev–Trinajstić information content (AvgIpc) is 1.65. The number of nitrogens with zero attached hydrogens (tertiary/aromatic N) is 1. The Bertz CT molecular complexity index is 127. The molecule has 0 aliphatic rings. The maximum atomic E-state index is 9.61. The van der Waals surface area contributed by atoms with E-state index in [1.165, 1.54) is 0 Å². The van der Waals surface area contributed by atoms with Crippen molar-refractivity contribution in [3.63, 3.8) is 0 Å². The fraction of sp³-hybridized carbons (Fsp3) is 0.333. The summed E-state index contributed by atoms with van der Waals surface area (Å²) in [5.41, 5.74) is 0. The summed E-state index contributed by atoms with van der Waals surface area (Å²) in [6.07, 6.45) is 0.781.